The fraction of sp³-hybridized carbons (Fsp3) is 0.375. The Morgan fingerprint density at radius 2 is 2.31 bits per heavy atom. The van der Waals surface area contributed by atoms with Crippen LogP contribution in [0.5, 0.6) is 0 Å². The van der Waals surface area contributed by atoms with Gasteiger partial charge in [-0.15, -0.1) is 12.4 Å². The van der Waals surface area contributed by atoms with Gasteiger partial charge in [0.1, 0.15) is 5.69 Å². The molecule has 0 aromatic carbocycles. The van der Waals surface area contributed by atoms with Crippen LogP contribution in [-0.4, -0.2) is 22.6 Å². The third-order valence-electron chi connectivity index (χ3n) is 2.10. The van der Waals surface area contributed by atoms with Gasteiger partial charge in [0.05, 0.1) is 0 Å². The minimum atomic E-state index is -0.885. The summed E-state index contributed by atoms with van der Waals surface area (Å²) in [4.78, 5) is 13.4. The first-order valence-corrected chi connectivity index (χ1v) is 3.92. The Labute approximate surface area is 81.8 Å². The van der Waals surface area contributed by atoms with Crippen LogP contribution in [-0.2, 0) is 13.0 Å². The molecule has 0 spiro atoms. The van der Waals surface area contributed by atoms with Gasteiger partial charge in [0.25, 0.3) is 0 Å². The third-order valence-corrected chi connectivity index (χ3v) is 2.10. The Morgan fingerprint density at radius 3 is 2.92 bits per heavy atom. The van der Waals surface area contributed by atoms with E-state index in [9.17, 15) is 4.79 Å². The van der Waals surface area contributed by atoms with Crippen LogP contribution < -0.4 is 5.32 Å². The van der Waals surface area contributed by atoms with Crippen molar-refractivity contribution in [1.29, 1.82) is 0 Å². The van der Waals surface area contributed by atoms with Crippen LogP contribution in [0.25, 0.3) is 0 Å². The van der Waals surface area contributed by atoms with Gasteiger partial charge in [-0.1, -0.05) is 0 Å². The summed E-state index contributed by atoms with van der Waals surface area (Å²) in [5.41, 5.74) is 2.44. The first kappa shape index (κ1) is 10.1. The van der Waals surface area contributed by atoms with Gasteiger partial charge in [0.15, 0.2) is 0 Å². The van der Waals surface area contributed by atoms with E-state index in [0.29, 0.717) is 5.69 Å². The summed E-state index contributed by atoms with van der Waals surface area (Å²) in [5.74, 6) is -0.885. The molecule has 2 rings (SSSR count). The van der Waals surface area contributed by atoms with E-state index in [2.05, 4.69) is 10.3 Å². The largest absolute Gasteiger partial charge is 0.477 e. The highest BCUT2D eigenvalue weighted by atomic mass is 35.5. The lowest BCUT2D eigenvalue weighted by Gasteiger charge is -2.11. The van der Waals surface area contributed by atoms with Crippen LogP contribution >= 0.6 is 12.4 Å². The molecule has 0 atom stereocenters. The van der Waals surface area contributed by atoms with Crippen molar-refractivity contribution in [2.24, 2.45) is 0 Å². The maximum Gasteiger partial charge on any atom is 0.352 e. The standard InChI is InChI=1S/C8H10N2O2.ClH/c11-8(12)6-3-5-1-2-9-4-7(5)10-6;/h3,9-10H,1-2,4H2,(H,11,12);1H. The molecule has 4 nitrogen and oxygen atoms in total. The molecule has 0 unspecified atom stereocenters. The average molecular weight is 203 g/mol. The van der Waals surface area contributed by atoms with Crippen molar-refractivity contribution >= 4 is 18.4 Å². The molecule has 1 aromatic rings. The van der Waals surface area contributed by atoms with Crippen LogP contribution in [0.4, 0.5) is 0 Å². The number of carboxylic acids is 1. The monoisotopic (exact) mass is 202 g/mol. The summed E-state index contributed by atoms with van der Waals surface area (Å²) in [6.07, 6.45) is 0.916. The molecule has 0 bridgehead atoms. The molecule has 0 radical (unpaired) electrons. The molecule has 2 heterocycles. The van der Waals surface area contributed by atoms with Gasteiger partial charge in [0, 0.05) is 12.2 Å². The Bertz CT molecular complexity index is 298. The first-order chi connectivity index (χ1) is 5.77. The summed E-state index contributed by atoms with van der Waals surface area (Å²) in [6.45, 7) is 1.69. The van der Waals surface area contributed by atoms with E-state index < -0.39 is 5.97 Å². The lowest BCUT2D eigenvalue weighted by atomic mass is 10.1. The molecular formula is C8H11ClN2O2. The SMILES string of the molecule is Cl.O=C(O)c1cc2c([nH]1)CNCC2. The van der Waals surface area contributed by atoms with Crippen LogP contribution in [0.15, 0.2) is 6.07 Å². The number of aromatic amines is 1. The number of hydrogen-bond acceptors (Lipinski definition) is 2. The fourth-order valence-electron chi connectivity index (χ4n) is 1.47. The summed E-state index contributed by atoms with van der Waals surface area (Å²) < 4.78 is 0. The van der Waals surface area contributed by atoms with Crippen molar-refractivity contribution in [2.75, 3.05) is 6.54 Å². The van der Waals surface area contributed by atoms with E-state index in [1.807, 2.05) is 0 Å². The number of fused-ring (bicyclic) bond motifs is 1. The van der Waals surface area contributed by atoms with Crippen molar-refractivity contribution in [3.05, 3.63) is 23.0 Å². The van der Waals surface area contributed by atoms with Crippen LogP contribution in [0.2, 0.25) is 0 Å². The van der Waals surface area contributed by atoms with Crippen molar-refractivity contribution in [3.8, 4) is 0 Å². The van der Waals surface area contributed by atoms with Gasteiger partial charge in [-0.25, -0.2) is 4.79 Å². The Balaban J connectivity index is 0.000000845. The number of carbonyl (C=O) groups is 1. The van der Waals surface area contributed by atoms with Crippen LogP contribution in [0.1, 0.15) is 21.7 Å². The quantitative estimate of drug-likeness (QED) is 0.631. The lowest BCUT2D eigenvalue weighted by molar-refractivity contribution is 0.0691. The van der Waals surface area contributed by atoms with E-state index in [-0.39, 0.29) is 12.4 Å². The van der Waals surface area contributed by atoms with Crippen molar-refractivity contribution in [1.82, 2.24) is 10.3 Å². The number of rotatable bonds is 1. The Kier molecular flexibility index (Phi) is 2.95. The van der Waals surface area contributed by atoms with Crippen molar-refractivity contribution in [2.45, 2.75) is 13.0 Å². The second-order valence-electron chi connectivity index (χ2n) is 2.92. The molecule has 1 aliphatic heterocycles. The number of carboxylic acid groups (broad SMARTS) is 1. The van der Waals surface area contributed by atoms with Crippen LogP contribution in [0, 0.1) is 0 Å². The third kappa shape index (κ3) is 1.84. The zero-order chi connectivity index (χ0) is 8.55. The molecular weight excluding hydrogens is 192 g/mol. The predicted molar refractivity (Wildman–Crippen MR) is 50.4 cm³/mol. The first-order valence-electron chi connectivity index (χ1n) is 3.92. The topological polar surface area (TPSA) is 65.1 Å². The number of aromatic nitrogens is 1. The zero-order valence-electron chi connectivity index (χ0n) is 6.96. The summed E-state index contributed by atoms with van der Waals surface area (Å²) in [5, 5.41) is 11.9. The van der Waals surface area contributed by atoms with E-state index in [4.69, 9.17) is 5.11 Å². The van der Waals surface area contributed by atoms with Gasteiger partial charge >= 0.3 is 5.97 Å². The molecule has 1 aromatic heterocycles. The molecule has 0 amide bonds. The molecule has 0 fully saturated rings. The maximum atomic E-state index is 10.6. The molecule has 3 N–H and O–H groups in total. The number of H-pyrrole nitrogens is 1. The molecule has 1 aliphatic rings. The predicted octanol–water partition coefficient (Wildman–Crippen LogP) is 0.780. The van der Waals surface area contributed by atoms with Crippen molar-refractivity contribution < 1.29 is 9.90 Å². The molecule has 72 valence electrons. The summed E-state index contributed by atoms with van der Waals surface area (Å²) >= 11 is 0. The van der Waals surface area contributed by atoms with E-state index in [1.165, 1.54) is 0 Å². The molecule has 0 saturated carbocycles. The minimum Gasteiger partial charge on any atom is -0.477 e. The minimum absolute atomic E-state index is 0. The highest BCUT2D eigenvalue weighted by Gasteiger charge is 2.14. The van der Waals surface area contributed by atoms with Gasteiger partial charge in [-0.3, -0.25) is 0 Å². The smallest absolute Gasteiger partial charge is 0.352 e. The van der Waals surface area contributed by atoms with E-state index >= 15 is 0 Å². The fourth-order valence-corrected chi connectivity index (χ4v) is 1.47. The number of hydrogen-bond donors (Lipinski definition) is 3. The van der Waals surface area contributed by atoms with Crippen LogP contribution in [0.3, 0.4) is 0 Å². The second-order valence-corrected chi connectivity index (χ2v) is 2.92. The van der Waals surface area contributed by atoms with Gasteiger partial charge in [0.2, 0.25) is 0 Å². The summed E-state index contributed by atoms with van der Waals surface area (Å²) in [7, 11) is 0. The lowest BCUT2D eigenvalue weighted by Crippen LogP contribution is -2.22. The van der Waals surface area contributed by atoms with Crippen molar-refractivity contribution in [3.63, 3.8) is 0 Å². The van der Waals surface area contributed by atoms with Gasteiger partial charge in [-0.05, 0) is 24.6 Å². The van der Waals surface area contributed by atoms with E-state index in [0.717, 1.165) is 30.8 Å². The number of halogens is 1. The highest BCUT2D eigenvalue weighted by molar-refractivity contribution is 5.86. The number of aromatic carboxylic acids is 1. The Hall–Kier alpha value is -1.00. The Morgan fingerprint density at radius 1 is 1.54 bits per heavy atom. The van der Waals surface area contributed by atoms with E-state index in [1.54, 1.807) is 6.07 Å². The maximum absolute atomic E-state index is 10.6. The second kappa shape index (κ2) is 3.81. The molecule has 13 heavy (non-hydrogen) atoms. The number of nitrogens with one attached hydrogen (secondary N) is 2. The summed E-state index contributed by atoms with van der Waals surface area (Å²) in [6, 6.07) is 1.72. The molecule has 0 saturated heterocycles. The van der Waals surface area contributed by atoms with Gasteiger partial charge < -0.3 is 15.4 Å². The molecule has 0 aliphatic carbocycles. The van der Waals surface area contributed by atoms with Gasteiger partial charge in [-0.2, -0.15) is 0 Å². The highest BCUT2D eigenvalue weighted by Crippen LogP contribution is 2.14. The average Bonchev–Trinajstić information content (AvgIpc) is 2.46. The molecule has 5 heteroatoms. The normalized spacial score (nSPS) is 14.5. The zero-order valence-corrected chi connectivity index (χ0v) is 7.78.